The number of halogens is 2. The van der Waals surface area contributed by atoms with Gasteiger partial charge >= 0.3 is 0 Å². The number of para-hydroxylation sites is 1. The molecule has 0 saturated carbocycles. The summed E-state index contributed by atoms with van der Waals surface area (Å²) >= 11 is 0. The number of ether oxygens (including phenoxy) is 1. The normalized spacial score (nSPS) is 20.3. The van der Waals surface area contributed by atoms with Crippen LogP contribution < -0.4 is 14.5 Å². The molecule has 2 heterocycles. The van der Waals surface area contributed by atoms with Gasteiger partial charge in [0.25, 0.3) is 0 Å². The highest BCUT2D eigenvalue weighted by Crippen LogP contribution is 2.59. The molecule has 1 atom stereocenters. The van der Waals surface area contributed by atoms with Crippen molar-refractivity contribution in [2.75, 3.05) is 30.0 Å². The first-order valence-corrected chi connectivity index (χ1v) is 11.7. The molecule has 0 aromatic heterocycles. The highest BCUT2D eigenvalue weighted by molar-refractivity contribution is 6.07. The van der Waals surface area contributed by atoms with Crippen molar-refractivity contribution < 1.29 is 28.2 Å². The van der Waals surface area contributed by atoms with E-state index in [-0.39, 0.29) is 17.5 Å². The zero-order valence-corrected chi connectivity index (χ0v) is 19.7. The van der Waals surface area contributed by atoms with Crippen LogP contribution in [0.2, 0.25) is 0 Å². The number of piperidine rings is 1. The van der Waals surface area contributed by atoms with Crippen molar-refractivity contribution in [2.24, 2.45) is 11.3 Å². The summed E-state index contributed by atoms with van der Waals surface area (Å²) < 4.78 is 35.3. The first kappa shape index (κ1) is 24.0. The predicted molar refractivity (Wildman–Crippen MR) is 125 cm³/mol. The molecule has 2 aliphatic rings. The molecule has 2 saturated heterocycles. The molecule has 1 amide bonds. The molecule has 4 rings (SSSR count). The van der Waals surface area contributed by atoms with Crippen LogP contribution in [0.1, 0.15) is 51.1 Å². The van der Waals surface area contributed by atoms with E-state index in [1.807, 2.05) is 18.7 Å². The fraction of sp³-hybridized carbons (Fsp3) is 0.462. The average molecular weight is 473 g/mol. The number of phenolic OH excluding ortho intramolecular Hbond substituents is 1. The average Bonchev–Trinajstić information content (AvgIpc) is 2.85. The number of methoxy groups -OCH3 is 1. The van der Waals surface area contributed by atoms with Crippen molar-refractivity contribution in [3.63, 3.8) is 0 Å². The number of carbonyl (C=O) groups excluding carboxylic acids is 2. The first-order chi connectivity index (χ1) is 16.3. The minimum absolute atomic E-state index is 0.0105. The summed E-state index contributed by atoms with van der Waals surface area (Å²) in [6, 6.07) is 6.41. The third-order valence-electron chi connectivity index (χ3n) is 7.58. The van der Waals surface area contributed by atoms with Crippen molar-refractivity contribution in [3.05, 3.63) is 47.5 Å². The monoisotopic (exact) mass is 472 g/mol. The predicted octanol–water partition coefficient (Wildman–Crippen LogP) is 4.99. The summed E-state index contributed by atoms with van der Waals surface area (Å²) in [5, 5.41) is 10.4. The largest absolute Gasteiger partial charge is 0.503 e. The topological polar surface area (TPSA) is 70.1 Å². The molecule has 0 spiro atoms. The summed E-state index contributed by atoms with van der Waals surface area (Å²) in [5.74, 6) is -1.74. The summed E-state index contributed by atoms with van der Waals surface area (Å²) in [5.41, 5.74) is 0.0744. The molecule has 182 valence electrons. The number of hydrogen-bond acceptors (Lipinski definition) is 5. The Balaban J connectivity index is 1.79. The number of anilines is 2. The van der Waals surface area contributed by atoms with E-state index in [9.17, 15) is 19.1 Å². The summed E-state index contributed by atoms with van der Waals surface area (Å²) in [7, 11) is 1.49. The van der Waals surface area contributed by atoms with E-state index in [1.165, 1.54) is 30.2 Å². The molecule has 2 aliphatic heterocycles. The molecule has 34 heavy (non-hydrogen) atoms. The quantitative estimate of drug-likeness (QED) is 0.454. The molecule has 1 N–H and O–H groups in total. The van der Waals surface area contributed by atoms with Gasteiger partial charge in [0, 0.05) is 30.6 Å². The maximum atomic E-state index is 15.5. The van der Waals surface area contributed by atoms with Gasteiger partial charge in [-0.05, 0) is 43.9 Å². The van der Waals surface area contributed by atoms with Crippen LogP contribution in [0.25, 0.3) is 0 Å². The summed E-state index contributed by atoms with van der Waals surface area (Å²) in [6.45, 7) is 4.90. The van der Waals surface area contributed by atoms with E-state index >= 15 is 4.39 Å². The SMILES string of the molecule is CCC1(CC)C(=O)N(c2cccc(F)c2O)[C@H]1c1cc(F)c(N2CCC(C=O)CC2)cc1OC. The van der Waals surface area contributed by atoms with Gasteiger partial charge < -0.3 is 19.5 Å². The van der Waals surface area contributed by atoms with Crippen LogP contribution in [0.3, 0.4) is 0 Å². The number of phenols is 1. The van der Waals surface area contributed by atoms with Gasteiger partial charge in [0.2, 0.25) is 5.91 Å². The van der Waals surface area contributed by atoms with Gasteiger partial charge in [0.1, 0.15) is 17.9 Å². The second-order valence-corrected chi connectivity index (χ2v) is 9.05. The van der Waals surface area contributed by atoms with Crippen molar-refractivity contribution in [1.29, 1.82) is 0 Å². The molecule has 0 bridgehead atoms. The Labute approximate surface area is 198 Å². The smallest absolute Gasteiger partial charge is 0.236 e. The molecule has 0 aliphatic carbocycles. The van der Waals surface area contributed by atoms with Gasteiger partial charge in [-0.2, -0.15) is 0 Å². The van der Waals surface area contributed by atoms with Crippen molar-refractivity contribution in [2.45, 2.75) is 45.6 Å². The van der Waals surface area contributed by atoms with E-state index < -0.39 is 28.8 Å². The lowest BCUT2D eigenvalue weighted by Crippen LogP contribution is -2.63. The van der Waals surface area contributed by atoms with Crippen LogP contribution in [0.5, 0.6) is 11.5 Å². The molecule has 0 radical (unpaired) electrons. The molecule has 2 aromatic rings. The lowest BCUT2D eigenvalue weighted by atomic mass is 9.64. The van der Waals surface area contributed by atoms with E-state index in [4.69, 9.17) is 4.74 Å². The Kier molecular flexibility index (Phi) is 6.51. The fourth-order valence-electron chi connectivity index (χ4n) is 5.45. The van der Waals surface area contributed by atoms with Gasteiger partial charge in [0.15, 0.2) is 11.6 Å². The third kappa shape index (κ3) is 3.60. The first-order valence-electron chi connectivity index (χ1n) is 11.7. The van der Waals surface area contributed by atoms with Crippen LogP contribution >= 0.6 is 0 Å². The Bertz CT molecular complexity index is 1090. The van der Waals surface area contributed by atoms with E-state index in [1.54, 1.807) is 6.07 Å². The molecule has 2 fully saturated rings. The van der Waals surface area contributed by atoms with Gasteiger partial charge in [-0.1, -0.05) is 19.9 Å². The van der Waals surface area contributed by atoms with Crippen LogP contribution in [0.15, 0.2) is 30.3 Å². The Morgan fingerprint density at radius 3 is 2.38 bits per heavy atom. The molecule has 8 heteroatoms. The summed E-state index contributed by atoms with van der Waals surface area (Å²) in [6.07, 6.45) is 3.25. The van der Waals surface area contributed by atoms with Crippen LogP contribution in [0, 0.1) is 23.0 Å². The zero-order chi connectivity index (χ0) is 24.6. The van der Waals surface area contributed by atoms with Gasteiger partial charge in [-0.25, -0.2) is 8.78 Å². The van der Waals surface area contributed by atoms with Crippen LogP contribution in [0.4, 0.5) is 20.2 Å². The van der Waals surface area contributed by atoms with Crippen LogP contribution in [-0.2, 0) is 9.59 Å². The van der Waals surface area contributed by atoms with Gasteiger partial charge in [0.05, 0.1) is 29.9 Å². The second-order valence-electron chi connectivity index (χ2n) is 9.05. The van der Waals surface area contributed by atoms with E-state index in [0.29, 0.717) is 55.8 Å². The molecular weight excluding hydrogens is 442 g/mol. The standard InChI is InChI=1S/C26H30F2N2O4/c1-4-26(5-2)24(30(25(26)33)20-8-6-7-18(27)23(20)32)17-13-19(28)21(14-22(17)34-3)29-11-9-16(15-31)10-12-29/h6-8,13-16,24,32H,4-5,9-12H2,1-3H3/t24-/m0/s1. The number of amides is 1. The van der Waals surface area contributed by atoms with Crippen molar-refractivity contribution in [1.82, 2.24) is 0 Å². The maximum absolute atomic E-state index is 15.5. The number of β-lactam (4-membered cyclic amide) rings is 1. The molecule has 2 aromatic carbocycles. The second kappa shape index (κ2) is 9.24. The van der Waals surface area contributed by atoms with Gasteiger partial charge in [-0.3, -0.25) is 9.69 Å². The number of nitrogens with zero attached hydrogens (tertiary/aromatic N) is 2. The zero-order valence-electron chi connectivity index (χ0n) is 19.7. The highest BCUT2D eigenvalue weighted by atomic mass is 19.1. The van der Waals surface area contributed by atoms with E-state index in [0.717, 1.165) is 12.4 Å². The molecular formula is C26H30F2N2O4. The number of carbonyl (C=O) groups is 2. The number of hydrogen-bond donors (Lipinski definition) is 1. The minimum atomic E-state index is -0.832. The number of aldehydes is 1. The number of rotatable bonds is 7. The van der Waals surface area contributed by atoms with Gasteiger partial charge in [-0.15, -0.1) is 0 Å². The lowest BCUT2D eigenvalue weighted by Gasteiger charge is -2.56. The maximum Gasteiger partial charge on any atom is 0.236 e. The number of aromatic hydroxyl groups is 1. The Morgan fingerprint density at radius 1 is 1.12 bits per heavy atom. The Morgan fingerprint density at radius 2 is 1.79 bits per heavy atom. The number of benzene rings is 2. The summed E-state index contributed by atoms with van der Waals surface area (Å²) in [4.78, 5) is 27.7. The lowest BCUT2D eigenvalue weighted by molar-refractivity contribution is -0.141. The van der Waals surface area contributed by atoms with Crippen LogP contribution in [-0.4, -0.2) is 37.5 Å². The fourth-order valence-corrected chi connectivity index (χ4v) is 5.45. The highest BCUT2D eigenvalue weighted by Gasteiger charge is 2.60. The van der Waals surface area contributed by atoms with Crippen molar-refractivity contribution in [3.8, 4) is 11.5 Å². The molecule has 0 unspecified atom stereocenters. The Hall–Kier alpha value is -3.16. The van der Waals surface area contributed by atoms with Crippen molar-refractivity contribution >= 4 is 23.6 Å². The minimum Gasteiger partial charge on any atom is -0.503 e. The van der Waals surface area contributed by atoms with E-state index in [2.05, 4.69) is 0 Å². The third-order valence-corrected chi connectivity index (χ3v) is 7.58. The molecule has 6 nitrogen and oxygen atoms in total.